The molecule has 2 rings (SSSR count). The van der Waals surface area contributed by atoms with Gasteiger partial charge in [0.25, 0.3) is 0 Å². The van der Waals surface area contributed by atoms with Crippen LogP contribution in [-0.4, -0.2) is 23.1 Å². The van der Waals surface area contributed by atoms with Crippen LogP contribution in [0.2, 0.25) is 0 Å². The third-order valence-electron chi connectivity index (χ3n) is 3.52. The zero-order valence-corrected chi connectivity index (χ0v) is 12.8. The largest absolute Gasteiger partial charge is 0.374 e. The summed E-state index contributed by atoms with van der Waals surface area (Å²) in [5.74, 6) is 0.706. The molecule has 1 N–H and O–H groups in total. The second-order valence-electron chi connectivity index (χ2n) is 4.78. The lowest BCUT2D eigenvalue weighted by atomic mass is 9.89. The van der Waals surface area contributed by atoms with Gasteiger partial charge in [-0.05, 0) is 54.5 Å². The van der Waals surface area contributed by atoms with E-state index in [1.807, 2.05) is 26.0 Å². The summed E-state index contributed by atoms with van der Waals surface area (Å²) < 4.78 is 6.73. The fourth-order valence-corrected chi connectivity index (χ4v) is 2.70. The molecule has 0 aromatic carbocycles. The first-order chi connectivity index (χ1) is 8.49. The van der Waals surface area contributed by atoms with Gasteiger partial charge in [-0.15, -0.1) is 0 Å². The molecule has 0 spiro atoms. The third-order valence-corrected chi connectivity index (χ3v) is 4.16. The van der Waals surface area contributed by atoms with Gasteiger partial charge in [-0.3, -0.25) is 4.79 Å². The Kier molecular flexibility index (Phi) is 4.21. The van der Waals surface area contributed by atoms with Crippen LogP contribution in [0, 0.1) is 15.4 Å². The minimum atomic E-state index is -0.110. The van der Waals surface area contributed by atoms with E-state index in [4.69, 9.17) is 4.74 Å². The first-order valence-corrected chi connectivity index (χ1v) is 7.15. The Bertz CT molecular complexity index is 435. The van der Waals surface area contributed by atoms with Crippen LogP contribution in [0.5, 0.6) is 0 Å². The Balaban J connectivity index is 2.06. The second-order valence-corrected chi connectivity index (χ2v) is 6.03. The Morgan fingerprint density at radius 3 is 2.56 bits per heavy atom. The number of nitrogens with one attached hydrogen (secondary N) is 1. The molecule has 1 aromatic heterocycles. The van der Waals surface area contributed by atoms with Crippen molar-refractivity contribution >= 4 is 34.3 Å². The van der Waals surface area contributed by atoms with E-state index in [1.54, 1.807) is 6.20 Å². The number of pyridine rings is 1. The van der Waals surface area contributed by atoms with Crippen LogP contribution >= 0.6 is 22.6 Å². The minimum Gasteiger partial charge on any atom is -0.374 e. The number of rotatable bonds is 2. The van der Waals surface area contributed by atoms with E-state index in [-0.39, 0.29) is 30.0 Å². The maximum absolute atomic E-state index is 12.2. The number of ether oxygens (including phenoxy) is 1. The molecule has 18 heavy (non-hydrogen) atoms. The van der Waals surface area contributed by atoms with Crippen molar-refractivity contribution in [1.82, 2.24) is 4.98 Å². The van der Waals surface area contributed by atoms with Crippen molar-refractivity contribution in [1.29, 1.82) is 0 Å². The number of halogens is 1. The van der Waals surface area contributed by atoms with Crippen LogP contribution in [0.1, 0.15) is 20.8 Å². The first-order valence-electron chi connectivity index (χ1n) is 6.07. The number of hydrogen-bond acceptors (Lipinski definition) is 3. The quantitative estimate of drug-likeness (QED) is 0.826. The zero-order valence-electron chi connectivity index (χ0n) is 10.7. The van der Waals surface area contributed by atoms with E-state index in [9.17, 15) is 4.79 Å². The molecule has 4 unspecified atom stereocenters. The van der Waals surface area contributed by atoms with Crippen molar-refractivity contribution in [3.8, 4) is 0 Å². The summed E-state index contributed by atoms with van der Waals surface area (Å²) in [6.45, 7) is 6.02. The average molecular weight is 360 g/mol. The molecule has 5 heteroatoms. The number of anilines is 1. The molecule has 1 aromatic rings. The van der Waals surface area contributed by atoms with E-state index in [0.717, 1.165) is 3.57 Å². The van der Waals surface area contributed by atoms with Gasteiger partial charge in [0.05, 0.1) is 18.1 Å². The van der Waals surface area contributed by atoms with Gasteiger partial charge >= 0.3 is 0 Å². The summed E-state index contributed by atoms with van der Waals surface area (Å²) in [5, 5.41) is 2.86. The van der Waals surface area contributed by atoms with Crippen molar-refractivity contribution in [3.05, 3.63) is 21.9 Å². The van der Waals surface area contributed by atoms with Crippen LogP contribution in [0.15, 0.2) is 18.3 Å². The van der Waals surface area contributed by atoms with Crippen LogP contribution < -0.4 is 5.32 Å². The van der Waals surface area contributed by atoms with E-state index in [0.29, 0.717) is 5.82 Å². The van der Waals surface area contributed by atoms with Crippen LogP contribution in [-0.2, 0) is 9.53 Å². The summed E-state index contributed by atoms with van der Waals surface area (Å²) in [5.41, 5.74) is 0. The summed E-state index contributed by atoms with van der Waals surface area (Å²) in [7, 11) is 0. The molecule has 98 valence electrons. The van der Waals surface area contributed by atoms with E-state index in [1.165, 1.54) is 0 Å². The number of nitrogens with zero attached hydrogens (tertiary/aromatic N) is 1. The Labute approximate surface area is 121 Å². The number of carbonyl (C=O) groups is 1. The van der Waals surface area contributed by atoms with E-state index < -0.39 is 0 Å². The molecule has 4 atom stereocenters. The highest BCUT2D eigenvalue weighted by molar-refractivity contribution is 14.1. The fraction of sp³-hybridized carbons (Fsp3) is 0.538. The van der Waals surface area contributed by atoms with E-state index in [2.05, 4.69) is 39.8 Å². The van der Waals surface area contributed by atoms with Crippen LogP contribution in [0.4, 0.5) is 5.82 Å². The number of amides is 1. The van der Waals surface area contributed by atoms with E-state index >= 15 is 0 Å². The summed E-state index contributed by atoms with van der Waals surface area (Å²) in [6.07, 6.45) is 1.82. The molecule has 0 bridgehead atoms. The Morgan fingerprint density at radius 2 is 2.06 bits per heavy atom. The Morgan fingerprint density at radius 1 is 1.33 bits per heavy atom. The van der Waals surface area contributed by atoms with Crippen molar-refractivity contribution in [2.75, 3.05) is 5.32 Å². The third kappa shape index (κ3) is 2.83. The summed E-state index contributed by atoms with van der Waals surface area (Å²) in [4.78, 5) is 16.4. The van der Waals surface area contributed by atoms with Crippen molar-refractivity contribution < 1.29 is 9.53 Å². The topological polar surface area (TPSA) is 51.2 Å². The molecule has 0 radical (unpaired) electrons. The van der Waals surface area contributed by atoms with Gasteiger partial charge < -0.3 is 10.1 Å². The van der Waals surface area contributed by atoms with Crippen LogP contribution in [0.25, 0.3) is 0 Å². The van der Waals surface area contributed by atoms with Gasteiger partial charge in [0.15, 0.2) is 0 Å². The first kappa shape index (κ1) is 13.7. The minimum absolute atomic E-state index is 0.00643. The van der Waals surface area contributed by atoms with Gasteiger partial charge in [0.2, 0.25) is 5.91 Å². The van der Waals surface area contributed by atoms with Crippen molar-refractivity contribution in [3.63, 3.8) is 0 Å². The molecular formula is C13H17IN2O2. The van der Waals surface area contributed by atoms with Gasteiger partial charge in [0.1, 0.15) is 5.82 Å². The normalized spacial score (nSPS) is 31.3. The maximum atomic E-state index is 12.2. The zero-order chi connectivity index (χ0) is 13.3. The fourth-order valence-electron chi connectivity index (χ4n) is 2.38. The SMILES string of the molecule is CC1OC(C)C(C(=O)Nc2ccc(I)cn2)C1C. The van der Waals surface area contributed by atoms with Crippen molar-refractivity contribution in [2.24, 2.45) is 11.8 Å². The van der Waals surface area contributed by atoms with Gasteiger partial charge in [-0.2, -0.15) is 0 Å². The molecule has 1 saturated heterocycles. The van der Waals surface area contributed by atoms with Gasteiger partial charge in [0, 0.05) is 9.77 Å². The number of hydrogen-bond donors (Lipinski definition) is 1. The molecule has 4 nitrogen and oxygen atoms in total. The highest BCUT2D eigenvalue weighted by atomic mass is 127. The summed E-state index contributed by atoms with van der Waals surface area (Å²) in [6, 6.07) is 3.73. The lowest BCUT2D eigenvalue weighted by Gasteiger charge is -2.17. The predicted molar refractivity (Wildman–Crippen MR) is 78.2 cm³/mol. The number of carbonyl (C=O) groups excluding carboxylic acids is 1. The lowest BCUT2D eigenvalue weighted by Crippen LogP contribution is -2.32. The molecule has 1 aliphatic rings. The maximum Gasteiger partial charge on any atom is 0.231 e. The monoisotopic (exact) mass is 360 g/mol. The molecule has 0 saturated carbocycles. The molecule has 0 aliphatic carbocycles. The number of aromatic nitrogens is 1. The standard InChI is InChI=1S/C13H17IN2O2/c1-7-8(2)18-9(3)12(7)13(17)16-11-5-4-10(14)6-15-11/h4-9,12H,1-3H3,(H,15,16,17). The smallest absolute Gasteiger partial charge is 0.231 e. The second kappa shape index (κ2) is 5.52. The predicted octanol–water partition coefficient (Wildman–Crippen LogP) is 2.68. The van der Waals surface area contributed by atoms with Gasteiger partial charge in [-0.1, -0.05) is 6.92 Å². The van der Waals surface area contributed by atoms with Crippen molar-refractivity contribution in [2.45, 2.75) is 33.0 Å². The molecule has 1 aliphatic heterocycles. The summed E-state index contributed by atoms with van der Waals surface area (Å²) >= 11 is 2.18. The highest BCUT2D eigenvalue weighted by Crippen LogP contribution is 2.32. The lowest BCUT2D eigenvalue weighted by molar-refractivity contribution is -0.122. The highest BCUT2D eigenvalue weighted by Gasteiger charge is 2.41. The van der Waals surface area contributed by atoms with Crippen LogP contribution in [0.3, 0.4) is 0 Å². The molecule has 1 amide bonds. The molecule has 2 heterocycles. The molecular weight excluding hydrogens is 343 g/mol. The van der Waals surface area contributed by atoms with Gasteiger partial charge in [-0.25, -0.2) is 4.98 Å². The Hall–Kier alpha value is -0.690. The molecule has 1 fully saturated rings. The average Bonchev–Trinajstić information content (AvgIpc) is 2.56.